The molecule has 1 rings (SSSR count). The van der Waals surface area contributed by atoms with E-state index in [4.69, 9.17) is 5.73 Å². The fourth-order valence-electron chi connectivity index (χ4n) is 1.47. The number of rotatable bonds is 3. The summed E-state index contributed by atoms with van der Waals surface area (Å²) < 4.78 is 0. The third kappa shape index (κ3) is 2.83. The van der Waals surface area contributed by atoms with E-state index >= 15 is 0 Å². The lowest BCUT2D eigenvalue weighted by Gasteiger charge is -2.23. The minimum Gasteiger partial charge on any atom is -0.320 e. The van der Waals surface area contributed by atoms with Gasteiger partial charge in [0.2, 0.25) is 5.91 Å². The van der Waals surface area contributed by atoms with Gasteiger partial charge >= 0.3 is 0 Å². The molecular weight excluding hydrogens is 200 g/mol. The van der Waals surface area contributed by atoms with Gasteiger partial charge in [-0.1, -0.05) is 26.0 Å². The molecule has 1 aromatic rings. The normalized spacial score (nSPS) is 12.6. The van der Waals surface area contributed by atoms with Crippen LogP contribution in [0.2, 0.25) is 0 Å². The quantitative estimate of drug-likeness (QED) is 0.846. The minimum absolute atomic E-state index is 0.0411. The molecule has 3 nitrogen and oxygen atoms in total. The van der Waals surface area contributed by atoms with Gasteiger partial charge in [-0.25, -0.2) is 0 Å². The number of carbonyl (C=O) groups is 1. The minimum atomic E-state index is -0.439. The third-order valence-corrected chi connectivity index (χ3v) is 2.72. The summed E-state index contributed by atoms with van der Waals surface area (Å²) in [6, 6.07) is 7.40. The highest BCUT2D eigenvalue weighted by atomic mass is 16.2. The van der Waals surface area contributed by atoms with E-state index in [0.717, 1.165) is 11.3 Å². The van der Waals surface area contributed by atoms with E-state index < -0.39 is 6.04 Å². The zero-order valence-corrected chi connectivity index (χ0v) is 10.4. The summed E-state index contributed by atoms with van der Waals surface area (Å²) in [5.41, 5.74) is 7.87. The van der Waals surface area contributed by atoms with Crippen LogP contribution in [-0.4, -0.2) is 19.0 Å². The molecule has 0 saturated carbocycles. The number of nitrogens with zero attached hydrogens (tertiary/aromatic N) is 1. The molecule has 0 radical (unpaired) electrons. The third-order valence-electron chi connectivity index (χ3n) is 2.72. The molecule has 1 unspecified atom stereocenters. The first-order chi connectivity index (χ1) is 7.43. The van der Waals surface area contributed by atoms with Crippen LogP contribution < -0.4 is 10.6 Å². The van der Waals surface area contributed by atoms with Crippen LogP contribution in [-0.2, 0) is 4.79 Å². The predicted octanol–water partition coefficient (Wildman–Crippen LogP) is 1.94. The summed E-state index contributed by atoms with van der Waals surface area (Å²) in [7, 11) is 1.76. The largest absolute Gasteiger partial charge is 0.320 e. The molecule has 0 aromatic heterocycles. The number of nitrogens with two attached hydrogens (primary N) is 1. The Bertz CT molecular complexity index is 374. The van der Waals surface area contributed by atoms with Gasteiger partial charge in [-0.3, -0.25) is 4.79 Å². The van der Waals surface area contributed by atoms with Gasteiger partial charge in [0.25, 0.3) is 0 Å². The van der Waals surface area contributed by atoms with Crippen LogP contribution >= 0.6 is 0 Å². The Morgan fingerprint density at radius 2 is 2.00 bits per heavy atom. The molecule has 1 atom stereocenters. The molecule has 0 spiro atoms. The Morgan fingerprint density at radius 3 is 2.50 bits per heavy atom. The van der Waals surface area contributed by atoms with Crippen molar-refractivity contribution in [1.29, 1.82) is 0 Å². The summed E-state index contributed by atoms with van der Waals surface area (Å²) in [6.45, 7) is 5.91. The lowest BCUT2D eigenvalue weighted by atomic mass is 10.0. The standard InChI is InChI=1S/C13H20N2O/c1-9(2)12(14)13(16)15(4)11-7-5-6-10(3)8-11/h5-9,12H,14H2,1-4H3. The van der Waals surface area contributed by atoms with Gasteiger partial charge in [0.15, 0.2) is 0 Å². The number of benzene rings is 1. The van der Waals surface area contributed by atoms with E-state index in [0.29, 0.717) is 0 Å². The first kappa shape index (κ1) is 12.7. The van der Waals surface area contributed by atoms with E-state index in [1.165, 1.54) is 0 Å². The predicted molar refractivity (Wildman–Crippen MR) is 67.4 cm³/mol. The summed E-state index contributed by atoms with van der Waals surface area (Å²) >= 11 is 0. The zero-order valence-electron chi connectivity index (χ0n) is 10.4. The Kier molecular flexibility index (Phi) is 4.07. The number of anilines is 1. The van der Waals surface area contributed by atoms with E-state index in [1.54, 1.807) is 11.9 Å². The Balaban J connectivity index is 2.86. The van der Waals surface area contributed by atoms with E-state index in [9.17, 15) is 4.79 Å². The number of hydrogen-bond donors (Lipinski definition) is 1. The van der Waals surface area contributed by atoms with Crippen LogP contribution in [0, 0.1) is 12.8 Å². The van der Waals surface area contributed by atoms with Gasteiger partial charge in [0.1, 0.15) is 0 Å². The van der Waals surface area contributed by atoms with Gasteiger partial charge in [-0.05, 0) is 30.5 Å². The smallest absolute Gasteiger partial charge is 0.243 e. The molecule has 16 heavy (non-hydrogen) atoms. The average molecular weight is 220 g/mol. The van der Waals surface area contributed by atoms with Crippen molar-refractivity contribution < 1.29 is 4.79 Å². The maximum Gasteiger partial charge on any atom is 0.243 e. The first-order valence-electron chi connectivity index (χ1n) is 5.53. The van der Waals surface area contributed by atoms with Gasteiger partial charge < -0.3 is 10.6 Å². The van der Waals surface area contributed by atoms with Crippen LogP contribution in [0.4, 0.5) is 5.69 Å². The molecule has 0 aliphatic carbocycles. The average Bonchev–Trinajstić information content (AvgIpc) is 2.26. The Morgan fingerprint density at radius 1 is 1.38 bits per heavy atom. The van der Waals surface area contributed by atoms with Crippen molar-refractivity contribution in [1.82, 2.24) is 0 Å². The molecule has 2 N–H and O–H groups in total. The maximum atomic E-state index is 12.0. The van der Waals surface area contributed by atoms with Crippen LogP contribution in [0.25, 0.3) is 0 Å². The second-order valence-electron chi connectivity index (χ2n) is 4.51. The number of carbonyl (C=O) groups excluding carboxylic acids is 1. The van der Waals surface area contributed by atoms with Gasteiger partial charge in [0.05, 0.1) is 6.04 Å². The topological polar surface area (TPSA) is 46.3 Å². The molecule has 0 saturated heterocycles. The van der Waals surface area contributed by atoms with Crippen molar-refractivity contribution in [3.63, 3.8) is 0 Å². The van der Waals surface area contributed by atoms with E-state index in [2.05, 4.69) is 0 Å². The first-order valence-corrected chi connectivity index (χ1v) is 5.53. The van der Waals surface area contributed by atoms with E-state index in [-0.39, 0.29) is 11.8 Å². The highest BCUT2D eigenvalue weighted by molar-refractivity contribution is 5.96. The van der Waals surface area contributed by atoms with Crippen molar-refractivity contribution in [3.8, 4) is 0 Å². The maximum absolute atomic E-state index is 12.0. The molecule has 88 valence electrons. The monoisotopic (exact) mass is 220 g/mol. The fourth-order valence-corrected chi connectivity index (χ4v) is 1.47. The van der Waals surface area contributed by atoms with Crippen LogP contribution in [0.15, 0.2) is 24.3 Å². The summed E-state index contributed by atoms with van der Waals surface area (Å²) in [4.78, 5) is 13.6. The number of amides is 1. The number of aryl methyl sites for hydroxylation is 1. The fraction of sp³-hybridized carbons (Fsp3) is 0.462. The second kappa shape index (κ2) is 5.12. The van der Waals surface area contributed by atoms with Crippen LogP contribution in [0.3, 0.4) is 0 Å². The highest BCUT2D eigenvalue weighted by Gasteiger charge is 2.21. The van der Waals surface area contributed by atoms with Crippen molar-refractivity contribution in [3.05, 3.63) is 29.8 Å². The molecule has 3 heteroatoms. The summed E-state index contributed by atoms with van der Waals surface area (Å²) in [5.74, 6) is 0.111. The molecule has 1 aromatic carbocycles. The number of likely N-dealkylation sites (N-methyl/N-ethyl adjacent to an activating group) is 1. The Labute approximate surface area is 97.2 Å². The van der Waals surface area contributed by atoms with Crippen molar-refractivity contribution in [2.75, 3.05) is 11.9 Å². The lowest BCUT2D eigenvalue weighted by molar-refractivity contribution is -0.120. The molecule has 0 heterocycles. The molecule has 0 fully saturated rings. The molecule has 1 amide bonds. The van der Waals surface area contributed by atoms with Crippen LogP contribution in [0.1, 0.15) is 19.4 Å². The number of hydrogen-bond acceptors (Lipinski definition) is 2. The van der Waals surface area contributed by atoms with Crippen molar-refractivity contribution in [2.45, 2.75) is 26.8 Å². The second-order valence-corrected chi connectivity index (χ2v) is 4.51. The lowest BCUT2D eigenvalue weighted by Crippen LogP contribution is -2.45. The SMILES string of the molecule is Cc1cccc(N(C)C(=O)C(N)C(C)C)c1. The highest BCUT2D eigenvalue weighted by Crippen LogP contribution is 2.16. The summed E-state index contributed by atoms with van der Waals surface area (Å²) in [6.07, 6.45) is 0. The van der Waals surface area contributed by atoms with E-state index in [1.807, 2.05) is 45.0 Å². The molecular formula is C13H20N2O. The molecule has 0 aliphatic heterocycles. The molecule has 0 bridgehead atoms. The zero-order chi connectivity index (χ0) is 12.3. The van der Waals surface area contributed by atoms with Gasteiger partial charge in [0, 0.05) is 12.7 Å². The molecule has 0 aliphatic rings. The van der Waals surface area contributed by atoms with Gasteiger partial charge in [-0.2, -0.15) is 0 Å². The Hall–Kier alpha value is -1.35. The van der Waals surface area contributed by atoms with Crippen molar-refractivity contribution >= 4 is 11.6 Å². The van der Waals surface area contributed by atoms with Crippen molar-refractivity contribution in [2.24, 2.45) is 11.7 Å². The summed E-state index contributed by atoms with van der Waals surface area (Å²) in [5, 5.41) is 0. The van der Waals surface area contributed by atoms with Gasteiger partial charge in [-0.15, -0.1) is 0 Å². The van der Waals surface area contributed by atoms with Crippen LogP contribution in [0.5, 0.6) is 0 Å².